The number of hydrogen-bond acceptors (Lipinski definition) is 11. The van der Waals surface area contributed by atoms with E-state index in [0.29, 0.717) is 39.0 Å². The first-order valence-corrected chi connectivity index (χ1v) is 19.4. The molecule has 8 rings (SSSR count). The molecule has 6 unspecified atom stereocenters. The van der Waals surface area contributed by atoms with Crippen LogP contribution >= 0.6 is 23.2 Å². The summed E-state index contributed by atoms with van der Waals surface area (Å²) >= 11 is 12.6. The second-order valence-electron chi connectivity index (χ2n) is 14.9. The Kier molecular flexibility index (Phi) is 10.3. The minimum absolute atomic E-state index is 0.00144. The normalized spacial score (nSPS) is 24.7. The van der Waals surface area contributed by atoms with Crippen molar-refractivity contribution >= 4 is 70.1 Å². The number of nitrogens with one attached hydrogen (secondary N) is 1. The van der Waals surface area contributed by atoms with Crippen LogP contribution in [0.5, 0.6) is 17.2 Å². The van der Waals surface area contributed by atoms with Crippen molar-refractivity contribution in [1.29, 1.82) is 0 Å². The molecule has 3 aromatic carbocycles. The van der Waals surface area contributed by atoms with Gasteiger partial charge in [-0.1, -0.05) is 65.2 Å². The summed E-state index contributed by atoms with van der Waals surface area (Å²) in [5.41, 5.74) is 0.569. The van der Waals surface area contributed by atoms with Gasteiger partial charge in [0.15, 0.2) is 17.3 Å². The lowest BCUT2D eigenvalue weighted by atomic mass is 9.50. The van der Waals surface area contributed by atoms with Crippen molar-refractivity contribution in [2.24, 2.45) is 29.6 Å². The van der Waals surface area contributed by atoms with E-state index in [9.17, 15) is 42.8 Å². The van der Waals surface area contributed by atoms with Crippen LogP contribution in [-0.4, -0.2) is 57.9 Å². The molecule has 0 bridgehead atoms. The van der Waals surface area contributed by atoms with Crippen LogP contribution in [0, 0.1) is 39.7 Å². The zero-order chi connectivity index (χ0) is 43.7. The van der Waals surface area contributed by atoms with Crippen molar-refractivity contribution < 1.29 is 51.9 Å². The molecule has 2 N–H and O–H groups in total. The van der Waals surface area contributed by atoms with Crippen LogP contribution in [-0.2, 0) is 30.8 Å². The van der Waals surface area contributed by atoms with Crippen LogP contribution in [0.3, 0.4) is 0 Å². The molecule has 19 heteroatoms. The summed E-state index contributed by atoms with van der Waals surface area (Å²) in [6, 6.07) is 15.0. The van der Waals surface area contributed by atoms with Gasteiger partial charge in [-0.25, -0.2) is 9.88 Å². The summed E-state index contributed by atoms with van der Waals surface area (Å²) in [5, 5.41) is 22.7. The number of halogens is 5. The number of fused-ring (bicyclic) bond motifs is 4. The van der Waals surface area contributed by atoms with Gasteiger partial charge in [-0.3, -0.25) is 34.7 Å². The van der Waals surface area contributed by atoms with Gasteiger partial charge >= 0.3 is 6.18 Å². The van der Waals surface area contributed by atoms with Crippen molar-refractivity contribution in [3.05, 3.63) is 128 Å². The van der Waals surface area contributed by atoms with Gasteiger partial charge < -0.3 is 14.6 Å². The first-order valence-electron chi connectivity index (χ1n) is 18.6. The van der Waals surface area contributed by atoms with Crippen LogP contribution in [0.15, 0.2) is 90.7 Å². The molecule has 6 atom stereocenters. The smallest absolute Gasteiger partial charge is 0.417 e. The minimum Gasteiger partial charge on any atom is -0.502 e. The number of rotatable bonds is 9. The highest BCUT2D eigenvalue weighted by Crippen LogP contribution is 2.62. The van der Waals surface area contributed by atoms with Gasteiger partial charge in [-0.2, -0.15) is 18.2 Å². The molecule has 3 heterocycles. The van der Waals surface area contributed by atoms with Gasteiger partial charge in [-0.05, 0) is 66.3 Å². The summed E-state index contributed by atoms with van der Waals surface area (Å²) in [5.74, 6) is -8.61. The van der Waals surface area contributed by atoms with Crippen LogP contribution in [0.25, 0.3) is 6.08 Å². The number of phenols is 1. The number of amides is 4. The van der Waals surface area contributed by atoms with Crippen LogP contribution < -0.4 is 19.8 Å². The molecular weight excluding hydrogens is 846 g/mol. The van der Waals surface area contributed by atoms with E-state index in [1.807, 2.05) is 0 Å². The number of hydrogen-bond donors (Lipinski definition) is 2. The van der Waals surface area contributed by atoms with Gasteiger partial charge in [0.25, 0.3) is 17.5 Å². The highest BCUT2D eigenvalue weighted by atomic mass is 35.5. The largest absolute Gasteiger partial charge is 0.502 e. The number of allylic oxidation sites excluding steroid dienone is 3. The number of nitro benzene ring substituents is 1. The molecule has 1 saturated carbocycles. The average Bonchev–Trinajstić information content (AvgIpc) is 3.61. The number of nitro groups is 1. The number of benzene rings is 3. The quantitative estimate of drug-likeness (QED) is 0.0726. The standard InChI is InChI=1S/C42H32Cl2F3N5O9/c1-60-32-14-20(15-33(61-2)35(32)53)6-13-29-26-11-12-27-34(39(56)50(37(27)54)24-4-3-5-25(17-24)52(58)59)28(26)18-30-38(55)51(40(57)41(29,30)21-7-9-23(43)10-8-21)49-36-31(44)16-22(19-48-36)42(45,46)47/h3-11,13-17,19,27-30,34,53H,12,18H2,1-2H3,(H,48,49). The minimum atomic E-state index is -4.79. The maximum absolute atomic E-state index is 15.3. The van der Waals surface area contributed by atoms with Crippen LogP contribution in [0.4, 0.5) is 30.4 Å². The lowest BCUT2D eigenvalue weighted by Crippen LogP contribution is -2.54. The first-order chi connectivity index (χ1) is 29.0. The topological polar surface area (TPSA) is 182 Å². The Labute approximate surface area is 354 Å². The fourth-order valence-electron chi connectivity index (χ4n) is 9.25. The van der Waals surface area contributed by atoms with E-state index in [1.54, 1.807) is 30.4 Å². The Morgan fingerprint density at radius 2 is 1.66 bits per heavy atom. The second kappa shape index (κ2) is 15.2. The summed E-state index contributed by atoms with van der Waals surface area (Å²) in [6.45, 7) is 0. The second-order valence-corrected chi connectivity index (χ2v) is 15.7. The van der Waals surface area contributed by atoms with Gasteiger partial charge in [0.2, 0.25) is 17.6 Å². The highest BCUT2D eigenvalue weighted by molar-refractivity contribution is 6.33. The van der Waals surface area contributed by atoms with E-state index in [-0.39, 0.29) is 41.5 Å². The summed E-state index contributed by atoms with van der Waals surface area (Å²) in [4.78, 5) is 74.6. The molecule has 314 valence electrons. The molecule has 61 heavy (non-hydrogen) atoms. The molecule has 1 aromatic heterocycles. The zero-order valence-corrected chi connectivity index (χ0v) is 33.4. The Morgan fingerprint density at radius 1 is 0.967 bits per heavy atom. The molecule has 4 aromatic rings. The first kappa shape index (κ1) is 41.3. The molecule has 2 aliphatic carbocycles. The number of phenolic OH excluding ortho intramolecular Hbond substituents is 1. The Morgan fingerprint density at radius 3 is 2.28 bits per heavy atom. The van der Waals surface area contributed by atoms with E-state index < -0.39 is 86.1 Å². The van der Waals surface area contributed by atoms with E-state index in [0.717, 1.165) is 11.0 Å². The number of methoxy groups -OCH3 is 2. The van der Waals surface area contributed by atoms with Crippen molar-refractivity contribution in [3.8, 4) is 17.2 Å². The number of aromatic nitrogens is 1. The van der Waals surface area contributed by atoms with E-state index in [4.69, 9.17) is 32.7 Å². The number of imide groups is 2. The lowest BCUT2D eigenvalue weighted by Gasteiger charge is -2.49. The van der Waals surface area contributed by atoms with Crippen molar-refractivity contribution in [2.75, 3.05) is 24.5 Å². The fourth-order valence-corrected chi connectivity index (χ4v) is 9.58. The number of nitrogens with zero attached hydrogens (tertiary/aromatic N) is 4. The maximum atomic E-state index is 15.3. The van der Waals surface area contributed by atoms with E-state index >= 15 is 4.79 Å². The molecule has 0 radical (unpaired) electrons. The fraction of sp³-hybridized carbons (Fsp3) is 0.262. The van der Waals surface area contributed by atoms with Crippen molar-refractivity contribution in [1.82, 2.24) is 9.99 Å². The third-order valence-electron chi connectivity index (χ3n) is 11.9. The van der Waals surface area contributed by atoms with Crippen LogP contribution in [0.2, 0.25) is 10.0 Å². The molecule has 2 saturated heterocycles. The van der Waals surface area contributed by atoms with E-state index in [1.165, 1.54) is 56.7 Å². The monoisotopic (exact) mass is 877 g/mol. The van der Waals surface area contributed by atoms with Crippen LogP contribution in [0.1, 0.15) is 29.5 Å². The molecule has 0 spiro atoms. The number of alkyl halides is 3. The molecule has 4 amide bonds. The predicted molar refractivity (Wildman–Crippen MR) is 213 cm³/mol. The third-order valence-corrected chi connectivity index (χ3v) is 12.4. The average molecular weight is 879 g/mol. The molecule has 4 aliphatic rings. The number of carbonyl (C=O) groups is 4. The van der Waals surface area contributed by atoms with Gasteiger partial charge in [0.1, 0.15) is 0 Å². The van der Waals surface area contributed by atoms with Gasteiger partial charge in [0, 0.05) is 29.3 Å². The maximum Gasteiger partial charge on any atom is 0.417 e. The van der Waals surface area contributed by atoms with E-state index in [2.05, 4.69) is 10.4 Å². The lowest BCUT2D eigenvalue weighted by molar-refractivity contribution is -0.384. The SMILES string of the molecule is COc1cc(C=CC2C3=CCC4C(=O)N(c5cccc([N+](=O)[O-])c5)C(=O)C4C3CC3C(=O)N(Nc4ncc(C(F)(F)F)cc4Cl)C(=O)C23c2ccc(Cl)cc2)cc(OC)c1O. The predicted octanol–water partition coefficient (Wildman–Crippen LogP) is 7.77. The summed E-state index contributed by atoms with van der Waals surface area (Å²) in [6.07, 6.45) is 0.660. The number of anilines is 2. The number of aromatic hydroxyl groups is 1. The number of hydrazine groups is 1. The summed E-state index contributed by atoms with van der Waals surface area (Å²) in [7, 11) is 2.69. The molecule has 2 aliphatic heterocycles. The molecule has 14 nitrogen and oxygen atoms in total. The van der Waals surface area contributed by atoms with Crippen molar-refractivity contribution in [3.63, 3.8) is 0 Å². The van der Waals surface area contributed by atoms with Gasteiger partial charge in [-0.15, -0.1) is 0 Å². The third kappa shape index (κ3) is 6.62. The Bertz CT molecular complexity index is 2580. The Hall–Kier alpha value is -6.46. The number of ether oxygens (including phenoxy) is 2. The zero-order valence-electron chi connectivity index (χ0n) is 31.9. The number of carbonyl (C=O) groups excluding carboxylic acids is 4. The van der Waals surface area contributed by atoms with Gasteiger partial charge in [0.05, 0.1) is 58.6 Å². The Balaban J connectivity index is 1.30. The summed E-state index contributed by atoms with van der Waals surface area (Å²) < 4.78 is 51.3. The highest BCUT2D eigenvalue weighted by Gasteiger charge is 2.69. The molecular formula is C42H32Cl2F3N5O9. The van der Waals surface area contributed by atoms with Crippen molar-refractivity contribution in [2.45, 2.75) is 24.4 Å². The number of pyridine rings is 1. The molecule has 3 fully saturated rings. The number of non-ortho nitro benzene ring substituents is 1.